The van der Waals surface area contributed by atoms with E-state index < -0.39 is 48.2 Å². The van der Waals surface area contributed by atoms with E-state index in [1.807, 2.05) is 0 Å². The Kier molecular flexibility index (Phi) is 6.53. The Labute approximate surface area is 186 Å². The molecule has 2 aromatic heterocycles. The van der Waals surface area contributed by atoms with E-state index in [-0.39, 0.29) is 17.1 Å². The predicted octanol–water partition coefficient (Wildman–Crippen LogP) is 6.41. The Balaban J connectivity index is 2.11. The van der Waals surface area contributed by atoms with Crippen molar-refractivity contribution < 1.29 is 36.2 Å². The van der Waals surface area contributed by atoms with Crippen molar-refractivity contribution in [1.82, 2.24) is 9.38 Å². The number of carbonyl (C=O) groups is 1. The first-order valence-corrected chi connectivity index (χ1v) is 9.92. The highest BCUT2D eigenvalue weighted by Gasteiger charge is 2.33. The van der Waals surface area contributed by atoms with Gasteiger partial charge in [0.2, 0.25) is 5.82 Å². The van der Waals surface area contributed by atoms with E-state index in [9.17, 15) is 26.7 Å². The summed E-state index contributed by atoms with van der Waals surface area (Å²) in [6, 6.07) is 4.58. The topological polar surface area (TPSA) is 56.1 Å². The minimum atomic E-state index is -4.54. The molecule has 0 unspecified atom stereocenters. The zero-order valence-corrected chi connectivity index (χ0v) is 18.3. The molecule has 2 heterocycles. The van der Waals surface area contributed by atoms with Crippen molar-refractivity contribution in [2.24, 2.45) is 0 Å². The SMILES string of the molecule is Cc1cnc2c(N(CCC(F)(F)F)C(=O)OC(C)(C)C)cc(Oc3cccc(F)c3F)cn12. The van der Waals surface area contributed by atoms with Crippen molar-refractivity contribution in [2.75, 3.05) is 11.4 Å². The Bertz CT molecular complexity index is 1170. The number of pyridine rings is 1. The van der Waals surface area contributed by atoms with Gasteiger partial charge in [-0.05, 0) is 39.8 Å². The van der Waals surface area contributed by atoms with Gasteiger partial charge in [0, 0.05) is 24.5 Å². The summed E-state index contributed by atoms with van der Waals surface area (Å²) in [5.74, 6) is -2.85. The van der Waals surface area contributed by atoms with Gasteiger partial charge in [-0.2, -0.15) is 17.6 Å². The minimum Gasteiger partial charge on any atom is -0.453 e. The molecule has 0 aliphatic rings. The fraction of sp³-hybridized carbons (Fsp3) is 0.364. The van der Waals surface area contributed by atoms with Crippen molar-refractivity contribution in [3.63, 3.8) is 0 Å². The lowest BCUT2D eigenvalue weighted by molar-refractivity contribution is -0.132. The molecule has 178 valence electrons. The van der Waals surface area contributed by atoms with Crippen molar-refractivity contribution in [3.8, 4) is 11.5 Å². The summed E-state index contributed by atoms with van der Waals surface area (Å²) in [5.41, 5.74) is -0.298. The Morgan fingerprint density at radius 3 is 2.52 bits per heavy atom. The van der Waals surface area contributed by atoms with E-state index in [1.165, 1.54) is 35.0 Å². The number of hydrogen-bond acceptors (Lipinski definition) is 4. The molecule has 0 aliphatic heterocycles. The molecule has 0 spiro atoms. The van der Waals surface area contributed by atoms with Crippen LogP contribution in [0.4, 0.5) is 32.4 Å². The molecule has 0 N–H and O–H groups in total. The van der Waals surface area contributed by atoms with Crippen LogP contribution in [-0.2, 0) is 4.74 Å². The van der Waals surface area contributed by atoms with Gasteiger partial charge in [0.25, 0.3) is 0 Å². The smallest absolute Gasteiger partial charge is 0.414 e. The molecule has 3 aromatic rings. The largest absolute Gasteiger partial charge is 0.453 e. The molecular formula is C22H22F5N3O3. The zero-order valence-electron chi connectivity index (χ0n) is 18.3. The molecule has 0 fully saturated rings. The third-order valence-electron chi connectivity index (χ3n) is 4.41. The summed E-state index contributed by atoms with van der Waals surface area (Å²) in [6.07, 6.45) is -4.02. The summed E-state index contributed by atoms with van der Waals surface area (Å²) in [7, 11) is 0. The van der Waals surface area contributed by atoms with Gasteiger partial charge >= 0.3 is 12.3 Å². The summed E-state index contributed by atoms with van der Waals surface area (Å²) in [6.45, 7) is 5.65. The maximum atomic E-state index is 14.1. The molecule has 0 bridgehead atoms. The Hall–Kier alpha value is -3.37. The summed E-state index contributed by atoms with van der Waals surface area (Å²) in [5, 5.41) is 0. The molecule has 1 amide bonds. The van der Waals surface area contributed by atoms with Crippen molar-refractivity contribution >= 4 is 17.4 Å². The molecule has 0 aliphatic carbocycles. The number of amides is 1. The molecule has 0 saturated heterocycles. The maximum Gasteiger partial charge on any atom is 0.414 e. The van der Waals surface area contributed by atoms with Crippen LogP contribution in [-0.4, -0.2) is 33.8 Å². The number of fused-ring (bicyclic) bond motifs is 1. The number of rotatable bonds is 5. The van der Waals surface area contributed by atoms with Crippen LogP contribution in [0.3, 0.4) is 0 Å². The summed E-state index contributed by atoms with van der Waals surface area (Å²) >= 11 is 0. The minimum absolute atomic E-state index is 0.0455. The highest BCUT2D eigenvalue weighted by molar-refractivity contribution is 5.93. The Morgan fingerprint density at radius 1 is 1.18 bits per heavy atom. The summed E-state index contributed by atoms with van der Waals surface area (Å²) < 4.78 is 78.9. The second-order valence-corrected chi connectivity index (χ2v) is 8.31. The number of hydrogen-bond donors (Lipinski definition) is 0. The number of aromatic nitrogens is 2. The number of anilines is 1. The van der Waals surface area contributed by atoms with E-state index in [0.29, 0.717) is 5.69 Å². The number of benzene rings is 1. The van der Waals surface area contributed by atoms with Gasteiger partial charge in [-0.3, -0.25) is 9.30 Å². The normalized spacial score (nSPS) is 12.2. The first-order chi connectivity index (χ1) is 15.2. The molecule has 0 saturated carbocycles. The summed E-state index contributed by atoms with van der Waals surface area (Å²) in [4.78, 5) is 17.8. The molecule has 3 rings (SSSR count). The van der Waals surface area contributed by atoms with E-state index in [4.69, 9.17) is 9.47 Å². The van der Waals surface area contributed by atoms with Crippen LogP contribution in [0.1, 0.15) is 32.9 Å². The lowest BCUT2D eigenvalue weighted by Crippen LogP contribution is -2.39. The molecule has 0 radical (unpaired) electrons. The maximum absolute atomic E-state index is 14.1. The number of nitrogens with zero attached hydrogens (tertiary/aromatic N) is 3. The van der Waals surface area contributed by atoms with Crippen molar-refractivity contribution in [2.45, 2.75) is 45.9 Å². The van der Waals surface area contributed by atoms with Crippen molar-refractivity contribution in [3.05, 3.63) is 54.0 Å². The van der Waals surface area contributed by atoms with Crippen molar-refractivity contribution in [1.29, 1.82) is 0 Å². The molecule has 33 heavy (non-hydrogen) atoms. The van der Waals surface area contributed by atoms with Gasteiger partial charge in [-0.25, -0.2) is 14.2 Å². The number of alkyl halides is 3. The highest BCUT2D eigenvalue weighted by Crippen LogP contribution is 2.33. The third-order valence-corrected chi connectivity index (χ3v) is 4.41. The fourth-order valence-electron chi connectivity index (χ4n) is 2.97. The predicted molar refractivity (Wildman–Crippen MR) is 111 cm³/mol. The quantitative estimate of drug-likeness (QED) is 0.404. The van der Waals surface area contributed by atoms with Gasteiger partial charge in [-0.15, -0.1) is 0 Å². The second kappa shape index (κ2) is 8.87. The van der Waals surface area contributed by atoms with Gasteiger partial charge in [0.1, 0.15) is 11.4 Å². The van der Waals surface area contributed by atoms with Gasteiger partial charge in [0.05, 0.1) is 18.3 Å². The monoisotopic (exact) mass is 471 g/mol. The van der Waals surface area contributed by atoms with Crippen LogP contribution in [0.15, 0.2) is 36.7 Å². The molecule has 6 nitrogen and oxygen atoms in total. The Morgan fingerprint density at radius 2 is 1.88 bits per heavy atom. The van der Waals surface area contributed by atoms with Crippen LogP contribution in [0.5, 0.6) is 11.5 Å². The van der Waals surface area contributed by atoms with E-state index in [0.717, 1.165) is 11.0 Å². The van der Waals surface area contributed by atoms with E-state index >= 15 is 0 Å². The first kappa shape index (κ1) is 24.3. The molecular weight excluding hydrogens is 449 g/mol. The lowest BCUT2D eigenvalue weighted by atomic mass is 10.2. The van der Waals surface area contributed by atoms with Gasteiger partial charge in [0.15, 0.2) is 17.2 Å². The third kappa shape index (κ3) is 5.91. The van der Waals surface area contributed by atoms with E-state index in [2.05, 4.69) is 4.98 Å². The van der Waals surface area contributed by atoms with Crippen LogP contribution < -0.4 is 9.64 Å². The lowest BCUT2D eigenvalue weighted by Gasteiger charge is -2.28. The molecule has 0 atom stereocenters. The second-order valence-electron chi connectivity index (χ2n) is 8.31. The number of aryl methyl sites for hydroxylation is 1. The molecule has 11 heteroatoms. The number of halogens is 5. The molecule has 1 aromatic carbocycles. The van der Waals surface area contributed by atoms with Gasteiger partial charge in [-0.1, -0.05) is 6.07 Å². The highest BCUT2D eigenvalue weighted by atomic mass is 19.4. The van der Waals surface area contributed by atoms with Crippen LogP contribution in [0.25, 0.3) is 5.65 Å². The van der Waals surface area contributed by atoms with Crippen LogP contribution >= 0.6 is 0 Å². The zero-order chi connectivity index (χ0) is 24.6. The van der Waals surface area contributed by atoms with Gasteiger partial charge < -0.3 is 9.47 Å². The van der Waals surface area contributed by atoms with Crippen LogP contribution in [0, 0.1) is 18.6 Å². The number of carbonyl (C=O) groups excluding carboxylic acids is 1. The average molecular weight is 471 g/mol. The standard InChI is InChI=1S/C22H22F5N3O3/c1-13-11-28-19-16(29(9-8-22(25,26)27)20(31)33-21(2,3)4)10-14(12-30(13)19)32-17-7-5-6-15(23)18(17)24/h5-7,10-12H,8-9H2,1-4H3. The average Bonchev–Trinajstić information content (AvgIpc) is 3.04. The van der Waals surface area contributed by atoms with E-state index in [1.54, 1.807) is 27.7 Å². The number of ether oxygens (including phenoxy) is 2. The van der Waals surface area contributed by atoms with Crippen LogP contribution in [0.2, 0.25) is 0 Å². The fourth-order valence-corrected chi connectivity index (χ4v) is 2.97. The number of imidazole rings is 1. The first-order valence-electron chi connectivity index (χ1n) is 9.92.